The third kappa shape index (κ3) is 3.60. The zero-order valence-electron chi connectivity index (χ0n) is 24.2. The SMILES string of the molecule is c1ccc2c(c1)nc1c3sc4ccccc4c3cc(-c3ccc(-c4ccc(-n5c6ccccc6c6ccccc65)cc4)cc3)n21. The van der Waals surface area contributed by atoms with Crippen LogP contribution in [0.15, 0.2) is 152 Å². The van der Waals surface area contributed by atoms with Gasteiger partial charge in [-0.1, -0.05) is 103 Å². The molecule has 0 saturated heterocycles. The maximum atomic E-state index is 5.13. The highest BCUT2D eigenvalue weighted by Gasteiger charge is 2.17. The highest BCUT2D eigenvalue weighted by atomic mass is 32.1. The standard InChI is InChI=1S/C41H25N3S/c1-5-13-35-30(9-1)31-10-2-6-14-36(31)43(35)29-23-21-27(22-24-29)26-17-19-28(20-18-26)38-25-33-32-11-3-8-16-39(32)45-40(33)41-42-34-12-4-7-15-37(34)44(38)41/h1-25H. The topological polar surface area (TPSA) is 22.2 Å². The Kier molecular flexibility index (Phi) is 5.16. The van der Waals surface area contributed by atoms with Crippen LogP contribution < -0.4 is 0 Å². The number of hydrogen-bond donors (Lipinski definition) is 0. The number of para-hydroxylation sites is 4. The van der Waals surface area contributed by atoms with E-state index in [1.807, 2.05) is 11.3 Å². The van der Waals surface area contributed by atoms with E-state index in [0.29, 0.717) is 0 Å². The third-order valence-corrected chi connectivity index (χ3v) is 10.3. The van der Waals surface area contributed by atoms with Gasteiger partial charge in [0, 0.05) is 31.9 Å². The van der Waals surface area contributed by atoms with Crippen LogP contribution in [0.2, 0.25) is 0 Å². The van der Waals surface area contributed by atoms with Gasteiger partial charge in [0.2, 0.25) is 0 Å². The molecule has 3 nitrogen and oxygen atoms in total. The summed E-state index contributed by atoms with van der Waals surface area (Å²) in [7, 11) is 0. The molecule has 4 aromatic heterocycles. The Balaban J connectivity index is 1.09. The Hall–Kier alpha value is -5.71. The summed E-state index contributed by atoms with van der Waals surface area (Å²) < 4.78 is 7.22. The van der Waals surface area contributed by atoms with Crippen LogP contribution >= 0.6 is 11.3 Å². The number of imidazole rings is 1. The third-order valence-electron chi connectivity index (χ3n) is 9.14. The Bertz CT molecular complexity index is 2690. The van der Waals surface area contributed by atoms with Crippen LogP contribution in [0.4, 0.5) is 0 Å². The molecule has 4 heteroatoms. The maximum absolute atomic E-state index is 5.13. The number of thiophene rings is 1. The van der Waals surface area contributed by atoms with E-state index in [-0.39, 0.29) is 0 Å². The summed E-state index contributed by atoms with van der Waals surface area (Å²) in [6, 6.07) is 54.7. The van der Waals surface area contributed by atoms with Crippen molar-refractivity contribution in [2.24, 2.45) is 0 Å². The Morgan fingerprint density at radius 3 is 1.73 bits per heavy atom. The van der Waals surface area contributed by atoms with Crippen LogP contribution in [0, 0.1) is 0 Å². The van der Waals surface area contributed by atoms with Gasteiger partial charge in [-0.25, -0.2) is 4.98 Å². The van der Waals surface area contributed by atoms with Crippen molar-refractivity contribution in [1.82, 2.24) is 14.0 Å². The van der Waals surface area contributed by atoms with Crippen molar-refractivity contribution in [1.29, 1.82) is 0 Å². The summed E-state index contributed by atoms with van der Waals surface area (Å²) in [6.45, 7) is 0. The van der Waals surface area contributed by atoms with Crippen molar-refractivity contribution in [2.45, 2.75) is 0 Å². The van der Waals surface area contributed by atoms with E-state index < -0.39 is 0 Å². The predicted molar refractivity (Wildman–Crippen MR) is 191 cm³/mol. The Morgan fingerprint density at radius 1 is 0.467 bits per heavy atom. The van der Waals surface area contributed by atoms with Gasteiger partial charge < -0.3 is 4.57 Å². The minimum Gasteiger partial charge on any atom is -0.309 e. The second-order valence-corrected chi connectivity index (χ2v) is 12.7. The lowest BCUT2D eigenvalue weighted by molar-refractivity contribution is 1.18. The maximum Gasteiger partial charge on any atom is 0.156 e. The Morgan fingerprint density at radius 2 is 1.02 bits per heavy atom. The summed E-state index contributed by atoms with van der Waals surface area (Å²) in [4.78, 5) is 5.13. The van der Waals surface area contributed by atoms with E-state index >= 15 is 0 Å². The monoisotopic (exact) mass is 591 g/mol. The molecule has 0 aliphatic rings. The summed E-state index contributed by atoms with van der Waals surface area (Å²) in [6.07, 6.45) is 0. The van der Waals surface area contributed by atoms with Gasteiger partial charge in [0.1, 0.15) is 0 Å². The first kappa shape index (κ1) is 24.7. The van der Waals surface area contributed by atoms with Gasteiger partial charge >= 0.3 is 0 Å². The summed E-state index contributed by atoms with van der Waals surface area (Å²) >= 11 is 1.83. The van der Waals surface area contributed by atoms with Crippen LogP contribution in [-0.4, -0.2) is 14.0 Å². The molecule has 0 fully saturated rings. The molecule has 0 N–H and O–H groups in total. The second-order valence-electron chi connectivity index (χ2n) is 11.6. The zero-order chi connectivity index (χ0) is 29.5. The van der Waals surface area contributed by atoms with Crippen LogP contribution in [-0.2, 0) is 0 Å². The van der Waals surface area contributed by atoms with Gasteiger partial charge in [-0.2, -0.15) is 0 Å². The molecule has 0 amide bonds. The van der Waals surface area contributed by atoms with Crippen molar-refractivity contribution in [3.05, 3.63) is 152 Å². The number of rotatable bonds is 3. The fourth-order valence-corrected chi connectivity index (χ4v) is 8.21. The number of fused-ring (bicyclic) bond motifs is 10. The Labute approximate surface area is 262 Å². The van der Waals surface area contributed by atoms with Crippen molar-refractivity contribution in [2.75, 3.05) is 0 Å². The smallest absolute Gasteiger partial charge is 0.156 e. The van der Waals surface area contributed by atoms with Gasteiger partial charge in [0.15, 0.2) is 5.65 Å². The van der Waals surface area contributed by atoms with Gasteiger partial charge in [-0.3, -0.25) is 4.40 Å². The van der Waals surface area contributed by atoms with Crippen molar-refractivity contribution in [3.63, 3.8) is 0 Å². The minimum absolute atomic E-state index is 1.02. The predicted octanol–water partition coefficient (Wildman–Crippen LogP) is 11.3. The molecule has 0 aliphatic heterocycles. The van der Waals surface area contributed by atoms with Gasteiger partial charge in [-0.15, -0.1) is 11.3 Å². The molecule has 0 spiro atoms. The molecule has 4 heterocycles. The number of hydrogen-bond acceptors (Lipinski definition) is 2. The number of aromatic nitrogens is 3. The molecule has 0 saturated carbocycles. The van der Waals surface area contributed by atoms with E-state index in [0.717, 1.165) is 22.4 Å². The molecule has 0 radical (unpaired) electrons. The van der Waals surface area contributed by atoms with Crippen LogP contribution in [0.5, 0.6) is 0 Å². The fraction of sp³-hybridized carbons (Fsp3) is 0. The first-order valence-corrected chi connectivity index (χ1v) is 16.0. The lowest BCUT2D eigenvalue weighted by atomic mass is 10.0. The van der Waals surface area contributed by atoms with E-state index in [4.69, 9.17) is 4.98 Å². The van der Waals surface area contributed by atoms with E-state index in [9.17, 15) is 0 Å². The quantitative estimate of drug-likeness (QED) is 0.200. The molecule has 10 rings (SSSR count). The molecule has 45 heavy (non-hydrogen) atoms. The first-order valence-electron chi connectivity index (χ1n) is 15.2. The van der Waals surface area contributed by atoms with Crippen LogP contribution in [0.25, 0.3) is 86.7 Å². The molecule has 0 bridgehead atoms. The summed E-state index contributed by atoms with van der Waals surface area (Å²) in [5.74, 6) is 0. The van der Waals surface area contributed by atoms with Gasteiger partial charge in [0.25, 0.3) is 0 Å². The highest BCUT2D eigenvalue weighted by Crippen LogP contribution is 2.41. The van der Waals surface area contributed by atoms with E-state index in [2.05, 4.69) is 161 Å². The molecule has 10 aromatic rings. The van der Waals surface area contributed by atoms with Crippen molar-refractivity contribution < 1.29 is 0 Å². The molecular formula is C41H25N3S. The first-order chi connectivity index (χ1) is 22.3. The van der Waals surface area contributed by atoms with E-state index in [1.165, 1.54) is 64.4 Å². The number of pyridine rings is 1. The average Bonchev–Trinajstić information content (AvgIpc) is 3.78. The molecule has 210 valence electrons. The molecule has 0 unspecified atom stereocenters. The average molecular weight is 592 g/mol. The molecule has 6 aromatic carbocycles. The normalized spacial score (nSPS) is 12.0. The van der Waals surface area contributed by atoms with Crippen molar-refractivity contribution in [3.8, 4) is 28.1 Å². The molecule has 0 atom stereocenters. The summed E-state index contributed by atoms with van der Waals surface area (Å²) in [5.41, 5.74) is 11.5. The van der Waals surface area contributed by atoms with Crippen molar-refractivity contribution >= 4 is 70.0 Å². The number of benzene rings is 6. The van der Waals surface area contributed by atoms with E-state index in [1.54, 1.807) is 0 Å². The highest BCUT2D eigenvalue weighted by molar-refractivity contribution is 7.26. The lowest BCUT2D eigenvalue weighted by Gasteiger charge is -2.11. The largest absolute Gasteiger partial charge is 0.309 e. The molecule has 0 aliphatic carbocycles. The minimum atomic E-state index is 1.02. The molecular weight excluding hydrogens is 567 g/mol. The van der Waals surface area contributed by atoms with Gasteiger partial charge in [0.05, 0.1) is 32.5 Å². The summed E-state index contributed by atoms with van der Waals surface area (Å²) in [5, 5.41) is 5.11. The number of nitrogens with zero attached hydrogens (tertiary/aromatic N) is 3. The van der Waals surface area contributed by atoms with Crippen LogP contribution in [0.3, 0.4) is 0 Å². The van der Waals surface area contributed by atoms with Gasteiger partial charge in [-0.05, 0) is 65.2 Å². The van der Waals surface area contributed by atoms with Crippen LogP contribution in [0.1, 0.15) is 0 Å². The lowest BCUT2D eigenvalue weighted by Crippen LogP contribution is -1.94. The fourth-order valence-electron chi connectivity index (χ4n) is 7.05. The zero-order valence-corrected chi connectivity index (χ0v) is 25.0. The second kappa shape index (κ2) is 9.39.